The van der Waals surface area contributed by atoms with Gasteiger partial charge in [-0.25, -0.2) is 0 Å². The van der Waals surface area contributed by atoms with Crippen LogP contribution in [0.3, 0.4) is 0 Å². The lowest BCUT2D eigenvalue weighted by Crippen LogP contribution is -2.41. The standard InChI is InChI=1S/C20H30N4O2/c1-14-3-6-17(18(11-14)26-13-15-4-5-15)12-24-20(21-2)23-10-9-22-19(25)16-7-8-16/h3,6,11,15-16H,4-5,7-10,12-13H2,1-2H3,(H,22,25)(H2,21,23,24). The molecule has 0 radical (unpaired) electrons. The summed E-state index contributed by atoms with van der Waals surface area (Å²) in [7, 11) is 1.75. The van der Waals surface area contributed by atoms with Gasteiger partial charge in [-0.2, -0.15) is 0 Å². The molecule has 0 spiro atoms. The third kappa shape index (κ3) is 5.93. The summed E-state index contributed by atoms with van der Waals surface area (Å²) < 4.78 is 6.01. The molecule has 142 valence electrons. The lowest BCUT2D eigenvalue weighted by molar-refractivity contribution is -0.122. The van der Waals surface area contributed by atoms with E-state index in [0.717, 1.165) is 42.6 Å². The molecule has 0 heterocycles. The van der Waals surface area contributed by atoms with Crippen LogP contribution in [0.4, 0.5) is 0 Å². The number of rotatable bonds is 9. The zero-order valence-corrected chi connectivity index (χ0v) is 15.8. The van der Waals surface area contributed by atoms with Gasteiger partial charge in [0.15, 0.2) is 5.96 Å². The van der Waals surface area contributed by atoms with E-state index in [1.165, 1.54) is 18.4 Å². The molecule has 6 heteroatoms. The van der Waals surface area contributed by atoms with Crippen LogP contribution in [-0.4, -0.2) is 38.6 Å². The third-order valence-corrected chi connectivity index (χ3v) is 4.73. The van der Waals surface area contributed by atoms with Crippen LogP contribution in [0.1, 0.15) is 36.8 Å². The fourth-order valence-electron chi connectivity index (χ4n) is 2.69. The highest BCUT2D eigenvalue weighted by Crippen LogP contribution is 2.30. The Labute approximate surface area is 155 Å². The number of amides is 1. The molecule has 3 N–H and O–H groups in total. The minimum atomic E-state index is 0.173. The zero-order valence-electron chi connectivity index (χ0n) is 15.8. The Morgan fingerprint density at radius 1 is 1.15 bits per heavy atom. The van der Waals surface area contributed by atoms with Crippen LogP contribution in [0.2, 0.25) is 0 Å². The first kappa shape index (κ1) is 18.5. The number of ether oxygens (including phenoxy) is 1. The van der Waals surface area contributed by atoms with Crippen LogP contribution in [0, 0.1) is 18.8 Å². The average Bonchev–Trinajstić information content (AvgIpc) is 3.53. The number of nitrogens with one attached hydrogen (secondary N) is 3. The molecule has 0 bridgehead atoms. The van der Waals surface area contributed by atoms with Gasteiger partial charge in [0.05, 0.1) is 6.61 Å². The molecule has 6 nitrogen and oxygen atoms in total. The summed E-state index contributed by atoms with van der Waals surface area (Å²) >= 11 is 0. The van der Waals surface area contributed by atoms with Crippen LogP contribution in [-0.2, 0) is 11.3 Å². The van der Waals surface area contributed by atoms with Gasteiger partial charge in [0.1, 0.15) is 5.75 Å². The highest BCUT2D eigenvalue weighted by atomic mass is 16.5. The Bertz CT molecular complexity index is 651. The minimum absolute atomic E-state index is 0.173. The molecule has 26 heavy (non-hydrogen) atoms. The molecule has 2 aliphatic carbocycles. The van der Waals surface area contributed by atoms with Crippen LogP contribution in [0.5, 0.6) is 5.75 Å². The quantitative estimate of drug-likeness (QED) is 0.358. The second-order valence-corrected chi connectivity index (χ2v) is 7.28. The van der Waals surface area contributed by atoms with E-state index in [9.17, 15) is 4.79 Å². The van der Waals surface area contributed by atoms with Crippen molar-refractivity contribution in [2.75, 3.05) is 26.7 Å². The van der Waals surface area contributed by atoms with Crippen LogP contribution in [0.25, 0.3) is 0 Å². The summed E-state index contributed by atoms with van der Waals surface area (Å²) in [6.45, 7) is 4.80. The molecular formula is C20H30N4O2. The third-order valence-electron chi connectivity index (χ3n) is 4.73. The SMILES string of the molecule is CN=C(NCCNC(=O)C1CC1)NCc1ccc(C)cc1OCC1CC1. The van der Waals surface area contributed by atoms with E-state index in [4.69, 9.17) is 4.74 Å². The predicted molar refractivity (Wildman–Crippen MR) is 103 cm³/mol. The van der Waals surface area contributed by atoms with Crippen molar-refractivity contribution in [2.24, 2.45) is 16.8 Å². The normalized spacial score (nSPS) is 16.9. The Kier molecular flexibility index (Phi) is 6.36. The maximum Gasteiger partial charge on any atom is 0.223 e. The number of guanidine groups is 1. The number of carbonyl (C=O) groups excluding carboxylic acids is 1. The summed E-state index contributed by atoms with van der Waals surface area (Å²) in [5.74, 6) is 2.84. The summed E-state index contributed by atoms with van der Waals surface area (Å²) in [6, 6.07) is 6.31. The van der Waals surface area contributed by atoms with Crippen molar-refractivity contribution in [2.45, 2.75) is 39.2 Å². The first-order chi connectivity index (χ1) is 12.7. The molecule has 1 aromatic rings. The maximum absolute atomic E-state index is 11.6. The molecule has 0 saturated heterocycles. The van der Waals surface area contributed by atoms with E-state index in [0.29, 0.717) is 19.6 Å². The van der Waals surface area contributed by atoms with Gasteiger partial charge >= 0.3 is 0 Å². The van der Waals surface area contributed by atoms with Crippen molar-refractivity contribution < 1.29 is 9.53 Å². The van der Waals surface area contributed by atoms with Crippen LogP contribution >= 0.6 is 0 Å². The number of nitrogens with zero attached hydrogens (tertiary/aromatic N) is 1. The number of hydrogen-bond acceptors (Lipinski definition) is 3. The van der Waals surface area contributed by atoms with E-state index in [-0.39, 0.29) is 11.8 Å². The van der Waals surface area contributed by atoms with Crippen LogP contribution < -0.4 is 20.7 Å². The van der Waals surface area contributed by atoms with E-state index in [1.54, 1.807) is 7.05 Å². The number of hydrogen-bond donors (Lipinski definition) is 3. The molecule has 1 aromatic carbocycles. The molecule has 3 rings (SSSR count). The maximum atomic E-state index is 11.6. The lowest BCUT2D eigenvalue weighted by Gasteiger charge is -2.15. The fourth-order valence-corrected chi connectivity index (χ4v) is 2.69. The summed E-state index contributed by atoms with van der Waals surface area (Å²) in [4.78, 5) is 15.8. The minimum Gasteiger partial charge on any atom is -0.493 e. The Balaban J connectivity index is 1.42. The Hall–Kier alpha value is -2.24. The molecule has 0 unspecified atom stereocenters. The average molecular weight is 358 g/mol. The van der Waals surface area contributed by atoms with Crippen LogP contribution in [0.15, 0.2) is 23.2 Å². The van der Waals surface area contributed by atoms with Crippen molar-refractivity contribution in [1.29, 1.82) is 0 Å². The Morgan fingerprint density at radius 2 is 1.92 bits per heavy atom. The molecular weight excluding hydrogens is 328 g/mol. The smallest absolute Gasteiger partial charge is 0.223 e. The van der Waals surface area contributed by atoms with Gasteiger partial charge < -0.3 is 20.7 Å². The van der Waals surface area contributed by atoms with E-state index in [1.807, 2.05) is 0 Å². The van der Waals surface area contributed by atoms with E-state index >= 15 is 0 Å². The van der Waals surface area contributed by atoms with Gasteiger partial charge in [-0.1, -0.05) is 12.1 Å². The monoisotopic (exact) mass is 358 g/mol. The number of aryl methyl sites for hydroxylation is 1. The van der Waals surface area contributed by atoms with Crippen molar-refractivity contribution in [3.8, 4) is 5.75 Å². The van der Waals surface area contributed by atoms with E-state index < -0.39 is 0 Å². The number of benzene rings is 1. The highest BCUT2D eigenvalue weighted by molar-refractivity contribution is 5.81. The molecule has 1 amide bonds. The van der Waals surface area contributed by atoms with Gasteiger partial charge in [-0.05, 0) is 50.2 Å². The molecule has 0 atom stereocenters. The first-order valence-electron chi connectivity index (χ1n) is 9.60. The number of aliphatic imine (C=N–C) groups is 1. The molecule has 2 fully saturated rings. The molecule has 2 saturated carbocycles. The zero-order chi connectivity index (χ0) is 18.4. The lowest BCUT2D eigenvalue weighted by atomic mass is 10.1. The first-order valence-corrected chi connectivity index (χ1v) is 9.60. The summed E-state index contributed by atoms with van der Waals surface area (Å²) in [5.41, 5.74) is 2.33. The summed E-state index contributed by atoms with van der Waals surface area (Å²) in [6.07, 6.45) is 4.63. The van der Waals surface area contributed by atoms with Crippen molar-refractivity contribution in [3.05, 3.63) is 29.3 Å². The molecule has 0 aliphatic heterocycles. The van der Waals surface area contributed by atoms with Gasteiger partial charge in [0.2, 0.25) is 5.91 Å². The van der Waals surface area contributed by atoms with Gasteiger partial charge in [-0.15, -0.1) is 0 Å². The molecule has 0 aromatic heterocycles. The highest BCUT2D eigenvalue weighted by Gasteiger charge is 2.29. The molecule has 2 aliphatic rings. The predicted octanol–water partition coefficient (Wildman–Crippen LogP) is 1.98. The topological polar surface area (TPSA) is 74.8 Å². The second-order valence-electron chi connectivity index (χ2n) is 7.28. The number of carbonyl (C=O) groups is 1. The van der Waals surface area contributed by atoms with Crippen molar-refractivity contribution in [1.82, 2.24) is 16.0 Å². The van der Waals surface area contributed by atoms with Gasteiger partial charge in [0, 0.05) is 38.2 Å². The van der Waals surface area contributed by atoms with Gasteiger partial charge in [0.25, 0.3) is 0 Å². The van der Waals surface area contributed by atoms with Gasteiger partial charge in [-0.3, -0.25) is 9.79 Å². The largest absolute Gasteiger partial charge is 0.493 e. The summed E-state index contributed by atoms with van der Waals surface area (Å²) in [5, 5.41) is 9.49. The Morgan fingerprint density at radius 3 is 2.62 bits per heavy atom. The second kappa shape index (κ2) is 8.92. The fraction of sp³-hybridized carbons (Fsp3) is 0.600. The van der Waals surface area contributed by atoms with E-state index in [2.05, 4.69) is 46.1 Å². The van der Waals surface area contributed by atoms with Crippen molar-refractivity contribution in [3.63, 3.8) is 0 Å². The van der Waals surface area contributed by atoms with Crippen molar-refractivity contribution >= 4 is 11.9 Å².